The summed E-state index contributed by atoms with van der Waals surface area (Å²) < 4.78 is 11.1. The number of para-hydroxylation sites is 2. The van der Waals surface area contributed by atoms with Crippen molar-refractivity contribution in [3.8, 4) is 17.2 Å². The minimum atomic E-state index is -0.577. The van der Waals surface area contributed by atoms with Gasteiger partial charge in [-0.2, -0.15) is 0 Å². The van der Waals surface area contributed by atoms with Gasteiger partial charge in [-0.3, -0.25) is 9.59 Å². The molecule has 3 aromatic rings. The monoisotopic (exact) mass is 416 g/mol. The molecular formula is C25H24N2O4. The Morgan fingerprint density at radius 3 is 2.23 bits per heavy atom. The largest absolute Gasteiger partial charge is 0.496 e. The summed E-state index contributed by atoms with van der Waals surface area (Å²) >= 11 is 0. The third kappa shape index (κ3) is 4.23. The molecule has 6 nitrogen and oxygen atoms in total. The zero-order valence-electron chi connectivity index (χ0n) is 17.5. The predicted octanol–water partition coefficient (Wildman–Crippen LogP) is 4.37. The molecular weight excluding hydrogens is 392 g/mol. The normalized spacial score (nSPS) is 16.2. The fraction of sp³-hybridized carbons (Fsp3) is 0.200. The van der Waals surface area contributed by atoms with Crippen LogP contribution >= 0.6 is 0 Å². The topological polar surface area (TPSA) is 59.1 Å². The zero-order chi connectivity index (χ0) is 21.8. The lowest BCUT2D eigenvalue weighted by Crippen LogP contribution is -2.57. The second kappa shape index (κ2) is 8.92. The summed E-state index contributed by atoms with van der Waals surface area (Å²) in [5, 5.41) is 0. The van der Waals surface area contributed by atoms with Gasteiger partial charge in [0.2, 0.25) is 5.91 Å². The number of nitrogens with zero attached hydrogens (tertiary/aromatic N) is 2. The predicted molar refractivity (Wildman–Crippen MR) is 119 cm³/mol. The van der Waals surface area contributed by atoms with E-state index in [0.717, 1.165) is 11.4 Å². The molecule has 4 rings (SSSR count). The van der Waals surface area contributed by atoms with E-state index >= 15 is 0 Å². The molecule has 1 aliphatic heterocycles. The molecule has 158 valence electrons. The summed E-state index contributed by atoms with van der Waals surface area (Å²) in [5.74, 6) is 1.63. The maximum absolute atomic E-state index is 13.1. The first kappa shape index (κ1) is 20.5. The number of hydrogen-bond acceptors (Lipinski definition) is 4. The van der Waals surface area contributed by atoms with Crippen molar-refractivity contribution in [2.45, 2.75) is 13.0 Å². The average Bonchev–Trinajstić information content (AvgIpc) is 2.82. The first-order valence-electron chi connectivity index (χ1n) is 10.2. The number of hydrogen-bond donors (Lipinski definition) is 0. The summed E-state index contributed by atoms with van der Waals surface area (Å²) in [5.41, 5.74) is 1.24. The number of methoxy groups -OCH3 is 1. The molecule has 0 unspecified atom stereocenters. The van der Waals surface area contributed by atoms with E-state index in [-0.39, 0.29) is 11.8 Å². The van der Waals surface area contributed by atoms with Crippen molar-refractivity contribution >= 4 is 17.5 Å². The van der Waals surface area contributed by atoms with E-state index in [9.17, 15) is 9.59 Å². The van der Waals surface area contributed by atoms with Gasteiger partial charge in [-0.1, -0.05) is 30.3 Å². The summed E-state index contributed by atoms with van der Waals surface area (Å²) in [6.07, 6.45) is 0. The van der Waals surface area contributed by atoms with Crippen molar-refractivity contribution in [2.24, 2.45) is 0 Å². The molecule has 0 bridgehead atoms. The maximum Gasteiger partial charge on any atom is 0.258 e. The van der Waals surface area contributed by atoms with E-state index in [1.54, 1.807) is 34.9 Å². The van der Waals surface area contributed by atoms with Crippen LogP contribution in [0.4, 0.5) is 5.69 Å². The molecule has 1 aliphatic rings. The molecule has 2 amide bonds. The van der Waals surface area contributed by atoms with E-state index in [0.29, 0.717) is 30.2 Å². The SMILES string of the molecule is COc1ccccc1C(=O)N1CCN(c2ccc(Oc3ccccc3)cc2)C(=O)[C@H]1C. The highest BCUT2D eigenvalue weighted by Crippen LogP contribution is 2.28. The van der Waals surface area contributed by atoms with Crippen LogP contribution in [0.3, 0.4) is 0 Å². The van der Waals surface area contributed by atoms with E-state index in [2.05, 4.69) is 0 Å². The Morgan fingerprint density at radius 1 is 0.871 bits per heavy atom. The molecule has 0 radical (unpaired) electrons. The van der Waals surface area contributed by atoms with Gasteiger partial charge in [-0.05, 0) is 55.5 Å². The number of ether oxygens (including phenoxy) is 2. The van der Waals surface area contributed by atoms with Crippen molar-refractivity contribution in [2.75, 3.05) is 25.1 Å². The summed E-state index contributed by atoms with van der Waals surface area (Å²) in [6, 6.07) is 23.4. The smallest absolute Gasteiger partial charge is 0.258 e. The Bertz CT molecular complexity index is 1070. The third-order valence-corrected chi connectivity index (χ3v) is 5.38. The minimum Gasteiger partial charge on any atom is -0.496 e. The van der Waals surface area contributed by atoms with Gasteiger partial charge in [0.1, 0.15) is 23.3 Å². The molecule has 0 spiro atoms. The quantitative estimate of drug-likeness (QED) is 0.620. The van der Waals surface area contributed by atoms with Gasteiger partial charge in [0, 0.05) is 18.8 Å². The number of anilines is 1. The molecule has 1 heterocycles. The maximum atomic E-state index is 13.1. The van der Waals surface area contributed by atoms with E-state index in [1.165, 1.54) is 7.11 Å². The number of amides is 2. The van der Waals surface area contributed by atoms with Crippen molar-refractivity contribution < 1.29 is 19.1 Å². The van der Waals surface area contributed by atoms with E-state index < -0.39 is 6.04 Å². The van der Waals surface area contributed by atoms with Gasteiger partial charge in [-0.25, -0.2) is 0 Å². The molecule has 1 saturated heterocycles. The average molecular weight is 416 g/mol. The lowest BCUT2D eigenvalue weighted by atomic mass is 10.1. The number of carbonyl (C=O) groups excluding carboxylic acids is 2. The first-order valence-corrected chi connectivity index (χ1v) is 10.2. The Kier molecular flexibility index (Phi) is 5.89. The molecule has 1 fully saturated rings. The van der Waals surface area contributed by atoms with Crippen LogP contribution in [0.1, 0.15) is 17.3 Å². The van der Waals surface area contributed by atoms with Gasteiger partial charge < -0.3 is 19.3 Å². The van der Waals surface area contributed by atoms with Crippen molar-refractivity contribution in [1.82, 2.24) is 4.90 Å². The highest BCUT2D eigenvalue weighted by atomic mass is 16.5. The standard InChI is InChI=1S/C25H24N2O4/c1-18-24(28)27(17-16-26(18)25(29)22-10-6-7-11-23(22)30-2)19-12-14-21(15-13-19)31-20-8-4-3-5-9-20/h3-15,18H,16-17H2,1-2H3/t18-/m1/s1. The molecule has 0 N–H and O–H groups in total. The molecule has 31 heavy (non-hydrogen) atoms. The second-order valence-corrected chi connectivity index (χ2v) is 7.27. The Labute approximate surface area is 181 Å². The zero-order valence-corrected chi connectivity index (χ0v) is 17.5. The minimum absolute atomic E-state index is 0.119. The van der Waals surface area contributed by atoms with Crippen LogP contribution in [-0.2, 0) is 4.79 Å². The molecule has 0 aliphatic carbocycles. The van der Waals surface area contributed by atoms with Gasteiger partial charge in [0.25, 0.3) is 5.91 Å². The molecule has 0 aromatic heterocycles. The number of rotatable bonds is 5. The number of carbonyl (C=O) groups is 2. The lowest BCUT2D eigenvalue weighted by molar-refractivity contribution is -0.124. The van der Waals surface area contributed by atoms with E-state index in [4.69, 9.17) is 9.47 Å². The van der Waals surface area contributed by atoms with Crippen LogP contribution in [0.25, 0.3) is 0 Å². The second-order valence-electron chi connectivity index (χ2n) is 7.27. The van der Waals surface area contributed by atoms with Crippen LogP contribution in [0.5, 0.6) is 17.2 Å². The molecule has 6 heteroatoms. The van der Waals surface area contributed by atoms with Crippen LogP contribution in [0.2, 0.25) is 0 Å². The van der Waals surface area contributed by atoms with Gasteiger partial charge in [0.15, 0.2) is 0 Å². The third-order valence-electron chi connectivity index (χ3n) is 5.38. The van der Waals surface area contributed by atoms with Crippen LogP contribution in [0, 0.1) is 0 Å². The van der Waals surface area contributed by atoms with Crippen LogP contribution in [0.15, 0.2) is 78.9 Å². The van der Waals surface area contributed by atoms with Gasteiger partial charge in [0.05, 0.1) is 12.7 Å². The summed E-state index contributed by atoms with van der Waals surface area (Å²) in [4.78, 5) is 29.4. The Hall–Kier alpha value is -3.80. The Balaban J connectivity index is 1.47. The molecule has 0 saturated carbocycles. The van der Waals surface area contributed by atoms with Crippen molar-refractivity contribution in [3.63, 3.8) is 0 Å². The Morgan fingerprint density at radius 2 is 1.52 bits per heavy atom. The fourth-order valence-electron chi connectivity index (χ4n) is 3.70. The van der Waals surface area contributed by atoms with Crippen LogP contribution in [-0.4, -0.2) is 43.0 Å². The summed E-state index contributed by atoms with van der Waals surface area (Å²) in [7, 11) is 1.53. The molecule has 1 atom stereocenters. The number of piperazine rings is 1. The molecule has 3 aromatic carbocycles. The van der Waals surface area contributed by atoms with E-state index in [1.807, 2.05) is 60.7 Å². The lowest BCUT2D eigenvalue weighted by Gasteiger charge is -2.39. The highest BCUT2D eigenvalue weighted by molar-refractivity contribution is 6.04. The highest BCUT2D eigenvalue weighted by Gasteiger charge is 2.36. The van der Waals surface area contributed by atoms with Crippen molar-refractivity contribution in [3.05, 3.63) is 84.4 Å². The van der Waals surface area contributed by atoms with Crippen LogP contribution < -0.4 is 14.4 Å². The first-order chi connectivity index (χ1) is 15.1. The van der Waals surface area contributed by atoms with Gasteiger partial charge in [-0.15, -0.1) is 0 Å². The summed E-state index contributed by atoms with van der Waals surface area (Å²) in [6.45, 7) is 2.61. The number of benzene rings is 3. The fourth-order valence-corrected chi connectivity index (χ4v) is 3.70. The van der Waals surface area contributed by atoms with Crippen molar-refractivity contribution in [1.29, 1.82) is 0 Å². The van der Waals surface area contributed by atoms with Gasteiger partial charge >= 0.3 is 0 Å².